The fourth-order valence-electron chi connectivity index (χ4n) is 6.12. The van der Waals surface area contributed by atoms with Crippen LogP contribution >= 0.6 is 0 Å². The van der Waals surface area contributed by atoms with Gasteiger partial charge in [0.15, 0.2) is 0 Å². The summed E-state index contributed by atoms with van der Waals surface area (Å²) in [6.45, 7) is 4.74. The largest absolute Gasteiger partial charge is 0.392 e. The number of aromatic nitrogens is 4. The SMILES string of the molecule is CCN1CC(c2ccc(Nc3cc(-c4cc(F)cc(-n5ccn6c(cc7ccccc76)c5=O)c4CO)cn(C)c3=O)nc2)C1. The van der Waals surface area contributed by atoms with Gasteiger partial charge in [-0.3, -0.25) is 14.2 Å². The first-order valence-corrected chi connectivity index (χ1v) is 14.6. The molecule has 0 unspecified atom stereocenters. The van der Waals surface area contributed by atoms with Crippen LogP contribution in [0.2, 0.25) is 0 Å². The van der Waals surface area contributed by atoms with E-state index in [1.807, 2.05) is 42.6 Å². The zero-order valence-electron chi connectivity index (χ0n) is 24.4. The number of benzene rings is 2. The third kappa shape index (κ3) is 4.68. The molecule has 1 saturated heterocycles. The lowest BCUT2D eigenvalue weighted by molar-refractivity contribution is 0.157. The topological polar surface area (TPSA) is 96.8 Å². The molecule has 9 nitrogen and oxygen atoms in total. The first-order chi connectivity index (χ1) is 21.3. The van der Waals surface area contributed by atoms with Crippen LogP contribution in [0.25, 0.3) is 33.2 Å². The Morgan fingerprint density at radius 3 is 2.57 bits per heavy atom. The van der Waals surface area contributed by atoms with E-state index in [2.05, 4.69) is 22.1 Å². The number of rotatable bonds is 7. The van der Waals surface area contributed by atoms with Crippen molar-refractivity contribution < 1.29 is 9.50 Å². The summed E-state index contributed by atoms with van der Waals surface area (Å²) >= 11 is 0. The number of hydrogen-bond donors (Lipinski definition) is 2. The number of nitrogens with one attached hydrogen (secondary N) is 1. The maximum absolute atomic E-state index is 15.2. The number of hydrogen-bond acceptors (Lipinski definition) is 6. The van der Waals surface area contributed by atoms with Crippen LogP contribution in [0, 0.1) is 5.82 Å². The highest BCUT2D eigenvalue weighted by Gasteiger charge is 2.26. The minimum absolute atomic E-state index is 0.221. The number of anilines is 2. The Hall–Kier alpha value is -5.06. The van der Waals surface area contributed by atoms with E-state index in [0.717, 1.165) is 36.1 Å². The van der Waals surface area contributed by atoms with Crippen molar-refractivity contribution >= 4 is 27.9 Å². The first kappa shape index (κ1) is 27.8. The lowest BCUT2D eigenvalue weighted by atomic mass is 9.93. The van der Waals surface area contributed by atoms with E-state index in [0.29, 0.717) is 33.9 Å². The number of aliphatic hydroxyl groups excluding tert-OH is 1. The molecule has 10 heteroatoms. The summed E-state index contributed by atoms with van der Waals surface area (Å²) in [6.07, 6.45) is 6.75. The molecule has 222 valence electrons. The molecule has 5 heterocycles. The lowest BCUT2D eigenvalue weighted by Crippen LogP contribution is -2.44. The van der Waals surface area contributed by atoms with Gasteiger partial charge in [0, 0.05) is 67.4 Å². The van der Waals surface area contributed by atoms with Crippen LogP contribution in [0.5, 0.6) is 0 Å². The second-order valence-corrected chi connectivity index (χ2v) is 11.3. The Labute approximate surface area is 252 Å². The Bertz CT molecular complexity index is 2160. The number of aliphatic hydroxyl groups is 1. The van der Waals surface area contributed by atoms with E-state index in [-0.39, 0.29) is 22.5 Å². The lowest BCUT2D eigenvalue weighted by Gasteiger charge is -2.38. The molecule has 6 aromatic rings. The zero-order chi connectivity index (χ0) is 30.5. The Balaban J connectivity index is 1.28. The summed E-state index contributed by atoms with van der Waals surface area (Å²) in [5, 5.41) is 14.6. The molecule has 1 aliphatic rings. The van der Waals surface area contributed by atoms with Crippen LogP contribution in [0.15, 0.2) is 95.0 Å². The van der Waals surface area contributed by atoms with Gasteiger partial charge in [0.1, 0.15) is 22.8 Å². The van der Waals surface area contributed by atoms with Crippen LogP contribution in [0.1, 0.15) is 24.0 Å². The molecule has 2 N–H and O–H groups in total. The van der Waals surface area contributed by atoms with Crippen molar-refractivity contribution in [2.45, 2.75) is 19.4 Å². The molecular weight excluding hydrogens is 559 g/mol. The van der Waals surface area contributed by atoms with Crippen molar-refractivity contribution in [3.8, 4) is 16.8 Å². The van der Waals surface area contributed by atoms with Crippen molar-refractivity contribution in [3.05, 3.63) is 123 Å². The van der Waals surface area contributed by atoms with Crippen LogP contribution < -0.4 is 16.4 Å². The maximum atomic E-state index is 15.2. The highest BCUT2D eigenvalue weighted by atomic mass is 19.1. The number of para-hydroxylation sites is 1. The van der Waals surface area contributed by atoms with Gasteiger partial charge < -0.3 is 24.3 Å². The van der Waals surface area contributed by atoms with Gasteiger partial charge in [0.05, 0.1) is 17.8 Å². The highest BCUT2D eigenvalue weighted by Crippen LogP contribution is 2.32. The standard InChI is InChI=1S/C34H31FN6O3/c1-3-39-18-24(19-39)22-8-9-32(36-16-22)37-28-12-23(17-38(2)33(28)43)26-14-25(35)15-30(27(26)20-42)41-11-10-40-29-7-5-4-6-21(29)13-31(40)34(41)44/h4-17,24,42H,3,18-20H2,1-2H3,(H,36,37). The van der Waals surface area contributed by atoms with Gasteiger partial charge in [-0.1, -0.05) is 31.2 Å². The number of nitrogens with zero attached hydrogens (tertiary/aromatic N) is 5. The van der Waals surface area contributed by atoms with Crippen molar-refractivity contribution in [2.24, 2.45) is 7.05 Å². The number of fused-ring (bicyclic) bond motifs is 3. The van der Waals surface area contributed by atoms with Gasteiger partial charge in [-0.2, -0.15) is 0 Å². The molecule has 7 rings (SSSR count). The molecule has 1 aliphatic heterocycles. The molecule has 0 atom stereocenters. The molecular formula is C34H31FN6O3. The summed E-state index contributed by atoms with van der Waals surface area (Å²) in [7, 11) is 1.61. The minimum Gasteiger partial charge on any atom is -0.392 e. The number of likely N-dealkylation sites (N-methyl/N-ethyl adjacent to an activating group) is 1. The van der Waals surface area contributed by atoms with E-state index in [1.54, 1.807) is 42.2 Å². The summed E-state index contributed by atoms with van der Waals surface area (Å²) in [5.74, 6) is 0.381. The van der Waals surface area contributed by atoms with E-state index >= 15 is 4.39 Å². The van der Waals surface area contributed by atoms with Gasteiger partial charge in [0.25, 0.3) is 11.1 Å². The molecule has 0 spiro atoms. The Morgan fingerprint density at radius 2 is 1.82 bits per heavy atom. The third-order valence-electron chi connectivity index (χ3n) is 8.58. The van der Waals surface area contributed by atoms with E-state index in [1.165, 1.54) is 21.3 Å². The van der Waals surface area contributed by atoms with Crippen molar-refractivity contribution in [1.82, 2.24) is 23.4 Å². The molecule has 0 aliphatic carbocycles. The minimum atomic E-state index is -0.585. The second kappa shape index (κ2) is 10.9. The molecule has 0 radical (unpaired) electrons. The van der Waals surface area contributed by atoms with Crippen molar-refractivity contribution in [3.63, 3.8) is 0 Å². The average molecular weight is 591 g/mol. The van der Waals surface area contributed by atoms with Gasteiger partial charge in [0.2, 0.25) is 0 Å². The second-order valence-electron chi connectivity index (χ2n) is 11.3. The van der Waals surface area contributed by atoms with E-state index < -0.39 is 12.4 Å². The van der Waals surface area contributed by atoms with Gasteiger partial charge in [-0.25, -0.2) is 9.37 Å². The average Bonchev–Trinajstić information content (AvgIpc) is 3.39. The molecule has 44 heavy (non-hydrogen) atoms. The van der Waals surface area contributed by atoms with Crippen LogP contribution in [-0.4, -0.2) is 48.2 Å². The van der Waals surface area contributed by atoms with Gasteiger partial charge >= 0.3 is 0 Å². The predicted octanol–water partition coefficient (Wildman–Crippen LogP) is 4.80. The van der Waals surface area contributed by atoms with E-state index in [9.17, 15) is 14.7 Å². The number of likely N-dealkylation sites (tertiary alicyclic amines) is 1. The smallest absolute Gasteiger partial charge is 0.279 e. The summed E-state index contributed by atoms with van der Waals surface area (Å²) in [6, 6.07) is 17.5. The first-order valence-electron chi connectivity index (χ1n) is 14.6. The number of aryl methyl sites for hydroxylation is 1. The van der Waals surface area contributed by atoms with Crippen molar-refractivity contribution in [2.75, 3.05) is 25.0 Å². The van der Waals surface area contributed by atoms with Crippen molar-refractivity contribution in [1.29, 1.82) is 0 Å². The molecule has 0 bridgehead atoms. The monoisotopic (exact) mass is 590 g/mol. The fraction of sp³-hybridized carbons (Fsp3) is 0.206. The van der Waals surface area contributed by atoms with E-state index in [4.69, 9.17) is 0 Å². The number of pyridine rings is 2. The van der Waals surface area contributed by atoms with Crippen LogP contribution in [0.4, 0.5) is 15.9 Å². The predicted molar refractivity (Wildman–Crippen MR) is 169 cm³/mol. The molecule has 4 aromatic heterocycles. The van der Waals surface area contributed by atoms with Crippen LogP contribution in [-0.2, 0) is 13.7 Å². The molecule has 0 saturated carbocycles. The third-order valence-corrected chi connectivity index (χ3v) is 8.58. The van der Waals surface area contributed by atoms with Gasteiger partial charge in [-0.05, 0) is 54.1 Å². The van der Waals surface area contributed by atoms with Crippen LogP contribution in [0.3, 0.4) is 0 Å². The maximum Gasteiger partial charge on any atom is 0.279 e. The Morgan fingerprint density at radius 1 is 1.00 bits per heavy atom. The summed E-state index contributed by atoms with van der Waals surface area (Å²) < 4.78 is 19.8. The summed E-state index contributed by atoms with van der Waals surface area (Å²) in [4.78, 5) is 33.7. The molecule has 2 aromatic carbocycles. The fourth-order valence-corrected chi connectivity index (χ4v) is 6.12. The highest BCUT2D eigenvalue weighted by molar-refractivity contribution is 5.87. The summed E-state index contributed by atoms with van der Waals surface area (Å²) in [5.41, 5.74) is 3.50. The molecule has 1 fully saturated rings. The zero-order valence-corrected chi connectivity index (χ0v) is 24.4. The normalized spacial score (nSPS) is 13.9. The Kier molecular flexibility index (Phi) is 6.87. The van der Waals surface area contributed by atoms with Gasteiger partial charge in [-0.15, -0.1) is 0 Å². The number of halogens is 1. The molecule has 0 amide bonds. The quantitative estimate of drug-likeness (QED) is 0.277.